The lowest BCUT2D eigenvalue weighted by atomic mass is 9.85. The Morgan fingerprint density at radius 3 is 2.41 bits per heavy atom. The van der Waals surface area contributed by atoms with Crippen LogP contribution in [0, 0.1) is 5.92 Å². The van der Waals surface area contributed by atoms with Gasteiger partial charge in [-0.25, -0.2) is 14.8 Å². The monoisotopic (exact) mass is 773 g/mol. The molecule has 2 aromatic carbocycles. The third-order valence-electron chi connectivity index (χ3n) is 10.9. The zero-order valence-electron chi connectivity index (χ0n) is 30.3. The van der Waals surface area contributed by atoms with Crippen molar-refractivity contribution in [2.75, 3.05) is 56.6 Å². The number of hydrazine groups is 1. The zero-order chi connectivity index (χ0) is 39.3. The molecule has 6 amide bonds. The summed E-state index contributed by atoms with van der Waals surface area (Å²) in [6.45, 7) is 3.76. The number of anilines is 2. The molecule has 5 heterocycles. The third kappa shape index (κ3) is 7.00. The molecule has 0 atom stereocenters. The molecule has 2 N–H and O–H groups in total. The Morgan fingerprint density at radius 1 is 0.946 bits per heavy atom. The van der Waals surface area contributed by atoms with Gasteiger partial charge in [0.25, 0.3) is 17.7 Å². The number of benzene rings is 2. The zero-order valence-corrected chi connectivity index (χ0v) is 30.3. The number of halogens is 3. The number of piperazine rings is 1. The highest BCUT2D eigenvalue weighted by Gasteiger charge is 2.45. The molecule has 0 spiro atoms. The van der Waals surface area contributed by atoms with E-state index in [-0.39, 0.29) is 41.5 Å². The Labute approximate surface area is 318 Å². The van der Waals surface area contributed by atoms with E-state index in [9.17, 15) is 37.1 Å². The Balaban J connectivity index is 0.860. The topological polar surface area (TPSA) is 162 Å². The number of pyridine rings is 1. The highest BCUT2D eigenvalue weighted by Crippen LogP contribution is 2.37. The summed E-state index contributed by atoms with van der Waals surface area (Å²) in [5.74, 6) is -1.61. The van der Waals surface area contributed by atoms with Crippen molar-refractivity contribution >= 4 is 51.9 Å². The number of hydrogen-bond donors (Lipinski definition) is 2. The summed E-state index contributed by atoms with van der Waals surface area (Å²) in [5.41, 5.74) is 0.584. The van der Waals surface area contributed by atoms with Crippen LogP contribution in [0.2, 0.25) is 0 Å². The maximum absolute atomic E-state index is 13.6. The van der Waals surface area contributed by atoms with Crippen LogP contribution >= 0.6 is 0 Å². The molecule has 56 heavy (non-hydrogen) atoms. The highest BCUT2D eigenvalue weighted by atomic mass is 19.4. The first-order valence-corrected chi connectivity index (χ1v) is 18.4. The fourth-order valence-corrected chi connectivity index (χ4v) is 8.04. The average molecular weight is 774 g/mol. The quantitative estimate of drug-likeness (QED) is 0.240. The molecule has 8 rings (SSSR count). The van der Waals surface area contributed by atoms with E-state index >= 15 is 0 Å². The maximum Gasteiger partial charge on any atom is 0.433 e. The average Bonchev–Trinajstić information content (AvgIpc) is 3.72. The number of alkyl halides is 3. The number of rotatable bonds is 8. The van der Waals surface area contributed by atoms with E-state index < -0.39 is 41.5 Å². The van der Waals surface area contributed by atoms with Gasteiger partial charge in [0.1, 0.15) is 17.1 Å². The van der Waals surface area contributed by atoms with E-state index in [0.717, 1.165) is 72.9 Å². The number of imide groups is 2. The van der Waals surface area contributed by atoms with Crippen LogP contribution in [0.15, 0.2) is 54.7 Å². The number of urea groups is 1. The molecule has 0 unspecified atom stereocenters. The molecule has 1 aliphatic carbocycles. The van der Waals surface area contributed by atoms with E-state index in [0.29, 0.717) is 36.0 Å². The van der Waals surface area contributed by atoms with E-state index in [2.05, 4.69) is 25.4 Å². The van der Waals surface area contributed by atoms with Crippen molar-refractivity contribution in [2.45, 2.75) is 44.3 Å². The number of hydrogen-bond acceptors (Lipinski definition) is 10. The van der Waals surface area contributed by atoms with Crippen LogP contribution in [0.1, 0.15) is 75.0 Å². The van der Waals surface area contributed by atoms with Gasteiger partial charge in [0, 0.05) is 56.8 Å². The summed E-state index contributed by atoms with van der Waals surface area (Å²) in [7, 11) is 1.44. The van der Waals surface area contributed by atoms with Gasteiger partial charge in [-0.2, -0.15) is 23.3 Å². The molecule has 4 aromatic rings. The van der Waals surface area contributed by atoms with Crippen molar-refractivity contribution in [3.63, 3.8) is 0 Å². The Kier molecular flexibility index (Phi) is 9.59. The van der Waals surface area contributed by atoms with Crippen molar-refractivity contribution < 1.29 is 41.9 Å². The van der Waals surface area contributed by atoms with Gasteiger partial charge in [0.05, 0.1) is 47.7 Å². The van der Waals surface area contributed by atoms with Gasteiger partial charge in [-0.15, -0.1) is 0 Å². The van der Waals surface area contributed by atoms with Crippen molar-refractivity contribution in [1.82, 2.24) is 35.0 Å². The van der Waals surface area contributed by atoms with Gasteiger partial charge in [0.2, 0.25) is 5.91 Å². The second-order valence-electron chi connectivity index (χ2n) is 14.4. The van der Waals surface area contributed by atoms with Crippen LogP contribution in [0.5, 0.6) is 5.75 Å². The number of nitrogens with one attached hydrogen (secondary N) is 2. The van der Waals surface area contributed by atoms with Gasteiger partial charge in [-0.05, 0) is 61.9 Å². The minimum absolute atomic E-state index is 0.00758. The minimum atomic E-state index is -4.68. The summed E-state index contributed by atoms with van der Waals surface area (Å²) in [5, 5.41) is 12.2. The summed E-state index contributed by atoms with van der Waals surface area (Å²) < 4.78 is 46.9. The van der Waals surface area contributed by atoms with Crippen LogP contribution in [-0.2, 0) is 11.0 Å². The lowest BCUT2D eigenvalue weighted by Crippen LogP contribution is -2.58. The van der Waals surface area contributed by atoms with Crippen LogP contribution in [0.25, 0.3) is 10.9 Å². The summed E-state index contributed by atoms with van der Waals surface area (Å²) in [6.07, 6.45) is 1.08. The fourth-order valence-electron chi connectivity index (χ4n) is 8.04. The van der Waals surface area contributed by atoms with E-state index in [1.54, 1.807) is 24.3 Å². The largest absolute Gasteiger partial charge is 0.494 e. The molecule has 1 saturated carbocycles. The third-order valence-corrected chi connectivity index (χ3v) is 10.9. The van der Waals surface area contributed by atoms with E-state index in [4.69, 9.17) is 9.84 Å². The van der Waals surface area contributed by atoms with Crippen LogP contribution in [0.3, 0.4) is 0 Å². The number of carbonyl (C=O) groups excluding carboxylic acids is 5. The molecule has 3 aliphatic heterocycles. The number of methoxy groups -OCH3 is 1. The number of amides is 6. The van der Waals surface area contributed by atoms with E-state index in [1.807, 2.05) is 16.9 Å². The van der Waals surface area contributed by atoms with Gasteiger partial charge >= 0.3 is 12.2 Å². The minimum Gasteiger partial charge on any atom is -0.494 e. The van der Waals surface area contributed by atoms with Crippen LogP contribution < -0.4 is 20.3 Å². The summed E-state index contributed by atoms with van der Waals surface area (Å²) in [6, 6.07) is 11.1. The molecule has 0 bridgehead atoms. The van der Waals surface area contributed by atoms with Gasteiger partial charge < -0.3 is 15.0 Å². The molecule has 15 nitrogen and oxygen atoms in total. The Morgan fingerprint density at radius 2 is 1.70 bits per heavy atom. The predicted molar refractivity (Wildman–Crippen MR) is 195 cm³/mol. The molecule has 3 fully saturated rings. The first-order chi connectivity index (χ1) is 26.9. The smallest absolute Gasteiger partial charge is 0.433 e. The lowest BCUT2D eigenvalue weighted by Gasteiger charge is -2.39. The van der Waals surface area contributed by atoms with E-state index in [1.165, 1.54) is 13.2 Å². The normalized spacial score (nSPS) is 20.8. The Bertz CT molecular complexity index is 2250. The second-order valence-corrected chi connectivity index (χ2v) is 14.4. The number of fused-ring (bicyclic) bond motifs is 2. The Hall–Kier alpha value is -6.04. The van der Waals surface area contributed by atoms with Gasteiger partial charge in [-0.3, -0.25) is 34.1 Å². The standard InChI is InChI=1S/C38H38F3N9O6/c1-56-30-19-27-23(18-28(30)43-34(52)26-5-3-7-31(42-26)38(39,40)41)21-48(45-27)24-10-8-22(9-11-24)20-46-14-16-47(17-15-46)29-6-2-4-25-33(29)36(54)50(35(25)53)49-13-12-32(51)44-37(49)55/h2-7,18-19,21-22,24H,8-17,20H2,1H3,(H,43,52)(H,44,51,55). The fraction of sp³-hybridized carbons (Fsp3) is 0.395. The number of carbonyl (C=O) groups is 5. The number of aromatic nitrogens is 3. The van der Waals surface area contributed by atoms with Gasteiger partial charge in [0.15, 0.2) is 0 Å². The SMILES string of the molecule is COc1cc2nn(C3CCC(CN4CCN(c5cccc6c5C(=O)N(N5CCC(=O)NC5=O)C6=O)CC4)CC3)cc2cc1NC(=O)c1cccc(C(F)(F)F)n1. The molecular weight excluding hydrogens is 735 g/mol. The molecular formula is C38H38F3N9O6. The molecule has 2 saturated heterocycles. The second kappa shape index (κ2) is 14.6. The predicted octanol–water partition coefficient (Wildman–Crippen LogP) is 4.72. The molecule has 292 valence electrons. The van der Waals surface area contributed by atoms with Gasteiger partial charge in [-0.1, -0.05) is 12.1 Å². The lowest BCUT2D eigenvalue weighted by molar-refractivity contribution is -0.141. The highest BCUT2D eigenvalue weighted by molar-refractivity contribution is 6.24. The number of ether oxygens (including phenoxy) is 1. The summed E-state index contributed by atoms with van der Waals surface area (Å²) >= 11 is 0. The van der Waals surface area contributed by atoms with Crippen molar-refractivity contribution in [2.24, 2.45) is 5.92 Å². The summed E-state index contributed by atoms with van der Waals surface area (Å²) in [4.78, 5) is 71.8. The van der Waals surface area contributed by atoms with Crippen LogP contribution in [0.4, 0.5) is 29.3 Å². The van der Waals surface area contributed by atoms with Crippen molar-refractivity contribution in [3.8, 4) is 5.75 Å². The van der Waals surface area contributed by atoms with Crippen LogP contribution in [-0.4, -0.2) is 106 Å². The molecule has 0 radical (unpaired) electrons. The number of nitrogens with zero attached hydrogens (tertiary/aromatic N) is 7. The molecule has 2 aromatic heterocycles. The van der Waals surface area contributed by atoms with Crippen molar-refractivity contribution in [1.29, 1.82) is 0 Å². The molecule has 18 heteroatoms. The first kappa shape index (κ1) is 36.9. The first-order valence-electron chi connectivity index (χ1n) is 18.4. The van der Waals surface area contributed by atoms with Crippen molar-refractivity contribution in [3.05, 3.63) is 77.2 Å². The maximum atomic E-state index is 13.6. The molecule has 4 aliphatic rings.